The number of aromatic amines is 1. The monoisotopic (exact) mass is 665 g/mol. The summed E-state index contributed by atoms with van der Waals surface area (Å²) >= 11 is 0. The van der Waals surface area contributed by atoms with Crippen molar-refractivity contribution < 1.29 is 35.0 Å². The molecule has 0 unspecified atom stereocenters. The summed E-state index contributed by atoms with van der Waals surface area (Å²) in [5.41, 5.74) is 8.95. The lowest BCUT2D eigenvalue weighted by molar-refractivity contribution is -0.0515. The molecule has 4 rings (SSSR count). The molecule has 0 saturated heterocycles. The fraction of sp³-hybridized carbons (Fsp3) is 0.579. The third kappa shape index (κ3) is 11.3. The Kier molecular flexibility index (Phi) is 15.2. The number of allylic oxidation sites excluding steroid dienone is 2. The zero-order chi connectivity index (χ0) is 34.3. The van der Waals surface area contributed by atoms with E-state index in [2.05, 4.69) is 35.1 Å². The Hall–Kier alpha value is -3.46. The number of dihydropyridines is 1. The summed E-state index contributed by atoms with van der Waals surface area (Å²) < 4.78 is 12.3. The van der Waals surface area contributed by atoms with Crippen molar-refractivity contribution in [1.82, 2.24) is 10.3 Å². The quantitative estimate of drug-likeness (QED) is 0.117. The van der Waals surface area contributed by atoms with Crippen molar-refractivity contribution in [1.29, 1.82) is 0 Å². The highest BCUT2D eigenvalue weighted by molar-refractivity contribution is 5.42. The van der Waals surface area contributed by atoms with E-state index in [0.29, 0.717) is 50.4 Å². The number of benzene rings is 1. The van der Waals surface area contributed by atoms with E-state index in [-0.39, 0.29) is 42.7 Å². The summed E-state index contributed by atoms with van der Waals surface area (Å²) in [6, 6.07) is 9.02. The predicted molar refractivity (Wildman–Crippen MR) is 186 cm³/mol. The number of aromatic nitrogens is 1. The van der Waals surface area contributed by atoms with Gasteiger partial charge in [0.15, 0.2) is 11.5 Å². The highest BCUT2D eigenvalue weighted by atomic mass is 16.5. The van der Waals surface area contributed by atoms with Gasteiger partial charge < -0.3 is 51.0 Å². The zero-order valence-electron chi connectivity index (χ0n) is 28.2. The molecular formula is C38H55N3O7. The molecule has 1 aliphatic heterocycles. The van der Waals surface area contributed by atoms with Crippen LogP contribution in [0.1, 0.15) is 69.5 Å². The normalized spacial score (nSPS) is 22.6. The van der Waals surface area contributed by atoms with E-state index in [1.807, 2.05) is 24.4 Å². The molecule has 264 valence electrons. The minimum absolute atomic E-state index is 0.0720. The number of hydrogen-bond donors (Lipinski definition) is 8. The van der Waals surface area contributed by atoms with Crippen LogP contribution in [0.4, 0.5) is 0 Å². The van der Waals surface area contributed by atoms with E-state index in [4.69, 9.17) is 15.2 Å². The molecule has 1 aromatic heterocycles. The predicted octanol–water partition coefficient (Wildman–Crippen LogP) is 3.68. The Morgan fingerprint density at radius 1 is 1.12 bits per heavy atom. The van der Waals surface area contributed by atoms with Gasteiger partial charge >= 0.3 is 0 Å². The van der Waals surface area contributed by atoms with Gasteiger partial charge in [-0.2, -0.15) is 0 Å². The van der Waals surface area contributed by atoms with E-state index < -0.39 is 24.9 Å². The average molecular weight is 666 g/mol. The van der Waals surface area contributed by atoms with Crippen LogP contribution in [0, 0.1) is 29.6 Å². The van der Waals surface area contributed by atoms with Crippen LogP contribution >= 0.6 is 0 Å². The highest BCUT2D eigenvalue weighted by Crippen LogP contribution is 2.33. The third-order valence-corrected chi connectivity index (χ3v) is 9.55. The van der Waals surface area contributed by atoms with Crippen molar-refractivity contribution >= 4 is 0 Å². The maximum absolute atomic E-state index is 11.5. The van der Waals surface area contributed by atoms with Crippen LogP contribution in [0.2, 0.25) is 0 Å². The molecular weight excluding hydrogens is 610 g/mol. The summed E-state index contributed by atoms with van der Waals surface area (Å²) in [4.78, 5) is 3.24. The van der Waals surface area contributed by atoms with Gasteiger partial charge in [0.25, 0.3) is 0 Å². The molecule has 7 atom stereocenters. The molecule has 1 aliphatic carbocycles. The maximum atomic E-state index is 11.5. The van der Waals surface area contributed by atoms with Crippen molar-refractivity contribution in [3.63, 3.8) is 0 Å². The van der Waals surface area contributed by atoms with Crippen LogP contribution in [0.3, 0.4) is 0 Å². The number of aliphatic hydroxyl groups excluding tert-OH is 4. The number of H-pyrrole nitrogens is 1. The lowest BCUT2D eigenvalue weighted by Crippen LogP contribution is -2.37. The van der Waals surface area contributed by atoms with Crippen LogP contribution < -0.4 is 15.8 Å². The first-order chi connectivity index (χ1) is 23.3. The second kappa shape index (κ2) is 19.5. The third-order valence-electron chi connectivity index (χ3n) is 9.55. The molecule has 2 aromatic rings. The average Bonchev–Trinajstić information content (AvgIpc) is 3.61. The molecule has 0 fully saturated rings. The molecule has 0 amide bonds. The molecule has 2 aliphatic rings. The molecule has 10 nitrogen and oxygen atoms in total. The summed E-state index contributed by atoms with van der Waals surface area (Å²) in [6.07, 6.45) is 10.3. The molecule has 48 heavy (non-hydrogen) atoms. The topological polar surface area (TPSA) is 173 Å². The van der Waals surface area contributed by atoms with E-state index in [9.17, 15) is 25.5 Å². The van der Waals surface area contributed by atoms with E-state index >= 15 is 0 Å². The number of nitrogens with two attached hydrogens (primary N) is 1. The van der Waals surface area contributed by atoms with Crippen molar-refractivity contribution in [2.45, 2.75) is 95.5 Å². The van der Waals surface area contributed by atoms with Crippen LogP contribution in [0.15, 0.2) is 60.1 Å². The van der Waals surface area contributed by atoms with Gasteiger partial charge in [-0.25, -0.2) is 0 Å². The molecule has 0 spiro atoms. The van der Waals surface area contributed by atoms with Crippen molar-refractivity contribution in [2.75, 3.05) is 26.4 Å². The van der Waals surface area contributed by atoms with Crippen molar-refractivity contribution in [3.05, 3.63) is 71.3 Å². The van der Waals surface area contributed by atoms with Crippen LogP contribution in [0.5, 0.6) is 11.5 Å². The number of hydrogen-bond acceptors (Lipinski definition) is 9. The fourth-order valence-corrected chi connectivity index (χ4v) is 6.72. The largest absolute Gasteiger partial charge is 0.504 e. The summed E-state index contributed by atoms with van der Waals surface area (Å²) in [5.74, 6) is 7.50. The fourth-order valence-electron chi connectivity index (χ4n) is 6.72. The first kappa shape index (κ1) is 37.4. The number of nitrogens with one attached hydrogen (secondary N) is 2. The minimum Gasteiger partial charge on any atom is -0.504 e. The van der Waals surface area contributed by atoms with Gasteiger partial charge in [0.2, 0.25) is 0 Å². The second-order valence-electron chi connectivity index (χ2n) is 13.0. The standard InChI is InChI=1S/C38H55N3O7/c1-2-26-7-3-4-11-35(47-20-19-42)31(10-5-8-26)32(44)14-12-27-13-15-33(45)36(21-27)48-37(34(46)25-43)23-29(22-30-9-6-17-40-30)28-16-18-41-38(39)24-28/h6,9,13,15-17,21,24,26,29,31-32,34-35,37,40-46H,2-4,7,10-12,14,18-20,22-23,25,39H2,1H3/t26-,29+,31-,32-,34-,35+,37-/m1/s1. The Bertz CT molecular complexity index is 1370. The number of ether oxygens (including phenoxy) is 2. The maximum Gasteiger partial charge on any atom is 0.161 e. The Morgan fingerprint density at radius 2 is 1.96 bits per heavy atom. The smallest absolute Gasteiger partial charge is 0.161 e. The number of rotatable bonds is 17. The summed E-state index contributed by atoms with van der Waals surface area (Å²) in [6.45, 7) is 2.39. The van der Waals surface area contributed by atoms with Gasteiger partial charge in [-0.15, -0.1) is 5.92 Å². The van der Waals surface area contributed by atoms with Gasteiger partial charge in [-0.1, -0.05) is 37.8 Å². The zero-order valence-corrected chi connectivity index (χ0v) is 28.2. The lowest BCUT2D eigenvalue weighted by Gasteiger charge is -2.31. The highest BCUT2D eigenvalue weighted by Gasteiger charge is 2.30. The van der Waals surface area contributed by atoms with Gasteiger partial charge in [-0.05, 0) is 92.3 Å². The Morgan fingerprint density at radius 3 is 2.69 bits per heavy atom. The molecule has 0 radical (unpaired) electrons. The van der Waals surface area contributed by atoms with Gasteiger partial charge in [0, 0.05) is 36.7 Å². The summed E-state index contributed by atoms with van der Waals surface area (Å²) in [7, 11) is 0. The van der Waals surface area contributed by atoms with E-state index in [1.165, 1.54) is 0 Å². The van der Waals surface area contributed by atoms with Gasteiger partial charge in [0.05, 0.1) is 37.8 Å². The number of aromatic hydroxyl groups is 1. The molecule has 0 saturated carbocycles. The van der Waals surface area contributed by atoms with E-state index in [0.717, 1.165) is 48.9 Å². The molecule has 10 heteroatoms. The molecule has 2 heterocycles. The van der Waals surface area contributed by atoms with Crippen molar-refractivity contribution in [2.24, 2.45) is 23.5 Å². The van der Waals surface area contributed by atoms with Gasteiger partial charge in [0.1, 0.15) is 12.2 Å². The number of phenolic OH excluding ortho intramolecular Hbond substituents is 1. The Labute approximate surface area is 285 Å². The van der Waals surface area contributed by atoms with Crippen molar-refractivity contribution in [3.8, 4) is 23.3 Å². The lowest BCUT2D eigenvalue weighted by atomic mass is 9.85. The van der Waals surface area contributed by atoms with E-state index in [1.54, 1.807) is 18.2 Å². The SMILES string of the molecule is CC[C@H]1C#CC[C@H]([C@H](O)CCc2ccc(O)c(O[C@H](C[C@H](Cc3ccc[nH]3)C3=CCNC(N)=C3)[C@H](O)CO)c2)[C@@H](OCCO)CCCC1. The molecule has 9 N–H and O–H groups in total. The minimum atomic E-state index is -1.19. The summed E-state index contributed by atoms with van der Waals surface area (Å²) in [5, 5.41) is 55.6. The number of phenols is 1. The van der Waals surface area contributed by atoms with Crippen LogP contribution in [0.25, 0.3) is 0 Å². The van der Waals surface area contributed by atoms with Crippen LogP contribution in [-0.4, -0.2) is 81.3 Å². The van der Waals surface area contributed by atoms with Gasteiger partial charge in [-0.3, -0.25) is 0 Å². The first-order valence-corrected chi connectivity index (χ1v) is 17.5. The van der Waals surface area contributed by atoms with Crippen LogP contribution in [-0.2, 0) is 17.6 Å². The first-order valence-electron chi connectivity index (χ1n) is 17.5. The molecule has 0 bridgehead atoms. The number of aliphatic hydroxyl groups is 4. The molecule has 1 aromatic carbocycles. The number of aryl methyl sites for hydroxylation is 1. The second-order valence-corrected chi connectivity index (χ2v) is 13.0. The Balaban J connectivity index is 1.48.